The number of anilines is 1. The number of rotatable bonds is 6. The Morgan fingerprint density at radius 2 is 1.73 bits per heavy atom. The summed E-state index contributed by atoms with van der Waals surface area (Å²) in [5, 5.41) is 6.07. The molecular weight excluding hydrogens is 356 g/mol. The second-order valence-electron chi connectivity index (χ2n) is 6.52. The van der Waals surface area contributed by atoms with E-state index in [1.807, 2.05) is 6.92 Å². The average molecular weight is 381 g/mol. The quantitative estimate of drug-likeness (QED) is 0.741. The summed E-state index contributed by atoms with van der Waals surface area (Å²) in [6, 6.07) is 4.61. The first-order valence-electron chi connectivity index (χ1n) is 8.92. The van der Waals surface area contributed by atoms with Crippen molar-refractivity contribution in [1.82, 2.24) is 5.32 Å². The van der Waals surface area contributed by atoms with Crippen LogP contribution in [-0.4, -0.2) is 31.4 Å². The minimum Gasteiger partial charge on any atom is -0.465 e. The van der Waals surface area contributed by atoms with Crippen LogP contribution in [0, 0.1) is 11.8 Å². The van der Waals surface area contributed by atoms with E-state index in [4.69, 9.17) is 11.6 Å². The van der Waals surface area contributed by atoms with Crippen molar-refractivity contribution in [2.75, 3.05) is 19.0 Å². The second-order valence-corrected chi connectivity index (χ2v) is 6.92. The summed E-state index contributed by atoms with van der Waals surface area (Å²) in [6.45, 7) is 2.70. The Hall–Kier alpha value is -2.08. The molecular formula is C19H25ClN2O4. The maximum Gasteiger partial charge on any atom is 0.337 e. The van der Waals surface area contributed by atoms with Crippen LogP contribution < -0.4 is 10.6 Å². The number of amides is 2. The van der Waals surface area contributed by atoms with E-state index >= 15 is 0 Å². The number of carbonyl (C=O) groups excluding carboxylic acids is 3. The molecule has 26 heavy (non-hydrogen) atoms. The normalized spacial score (nSPS) is 19.5. The highest BCUT2D eigenvalue weighted by molar-refractivity contribution is 6.33. The molecule has 0 heterocycles. The van der Waals surface area contributed by atoms with Gasteiger partial charge in [-0.2, -0.15) is 0 Å². The minimum absolute atomic E-state index is 0.0168. The molecule has 0 radical (unpaired) electrons. The standard InChI is InChI=1S/C19H25ClN2O4/c1-3-10-21-17(23)12-4-6-13(7-5-12)18(24)22-16-11-14(19(25)26-2)8-9-15(16)20/h8-9,11-13H,3-7,10H2,1-2H3,(H,21,23)(H,22,24). The zero-order chi connectivity index (χ0) is 19.1. The van der Waals surface area contributed by atoms with Crippen LogP contribution >= 0.6 is 11.6 Å². The average Bonchev–Trinajstić information content (AvgIpc) is 2.67. The van der Waals surface area contributed by atoms with Crippen molar-refractivity contribution >= 4 is 35.1 Å². The molecule has 0 spiro atoms. The SMILES string of the molecule is CCCNC(=O)C1CCC(C(=O)Nc2cc(C(=O)OC)ccc2Cl)CC1. The Bertz CT molecular complexity index is 670. The highest BCUT2D eigenvalue weighted by Crippen LogP contribution is 2.31. The monoisotopic (exact) mass is 380 g/mol. The molecule has 1 fully saturated rings. The Kier molecular flexibility index (Phi) is 7.45. The van der Waals surface area contributed by atoms with E-state index in [0.717, 1.165) is 6.42 Å². The molecule has 1 aliphatic carbocycles. The van der Waals surface area contributed by atoms with Crippen LogP contribution in [0.1, 0.15) is 49.4 Å². The molecule has 1 aromatic carbocycles. The maximum atomic E-state index is 12.5. The molecule has 1 aliphatic rings. The number of ether oxygens (including phenoxy) is 1. The van der Waals surface area contributed by atoms with Crippen molar-refractivity contribution in [1.29, 1.82) is 0 Å². The molecule has 6 nitrogen and oxygen atoms in total. The summed E-state index contributed by atoms with van der Waals surface area (Å²) in [6.07, 6.45) is 3.62. The van der Waals surface area contributed by atoms with Gasteiger partial charge in [-0.1, -0.05) is 18.5 Å². The van der Waals surface area contributed by atoms with Crippen LogP contribution in [0.3, 0.4) is 0 Å². The maximum absolute atomic E-state index is 12.5. The predicted molar refractivity (Wildman–Crippen MR) is 100 cm³/mol. The van der Waals surface area contributed by atoms with Gasteiger partial charge in [0.05, 0.1) is 23.4 Å². The molecule has 2 rings (SSSR count). The molecule has 0 atom stereocenters. The fourth-order valence-electron chi connectivity index (χ4n) is 3.11. The van der Waals surface area contributed by atoms with Gasteiger partial charge in [-0.25, -0.2) is 4.79 Å². The lowest BCUT2D eigenvalue weighted by Gasteiger charge is -2.27. The Balaban J connectivity index is 1.93. The lowest BCUT2D eigenvalue weighted by molar-refractivity contribution is -0.128. The third-order valence-corrected chi connectivity index (χ3v) is 4.99. The van der Waals surface area contributed by atoms with Crippen LogP contribution in [0.4, 0.5) is 5.69 Å². The van der Waals surface area contributed by atoms with Crippen molar-refractivity contribution in [3.05, 3.63) is 28.8 Å². The molecule has 142 valence electrons. The lowest BCUT2D eigenvalue weighted by atomic mass is 9.81. The zero-order valence-corrected chi connectivity index (χ0v) is 15.9. The number of methoxy groups -OCH3 is 1. The van der Waals surface area contributed by atoms with E-state index in [1.165, 1.54) is 13.2 Å². The molecule has 0 aromatic heterocycles. The number of halogens is 1. The smallest absolute Gasteiger partial charge is 0.337 e. The molecule has 2 N–H and O–H groups in total. The van der Waals surface area contributed by atoms with Gasteiger partial charge in [0.25, 0.3) is 0 Å². The van der Waals surface area contributed by atoms with Crippen molar-refractivity contribution in [2.24, 2.45) is 11.8 Å². The number of esters is 1. The van der Waals surface area contributed by atoms with Crippen molar-refractivity contribution in [3.63, 3.8) is 0 Å². The van der Waals surface area contributed by atoms with Crippen molar-refractivity contribution < 1.29 is 19.1 Å². The van der Waals surface area contributed by atoms with Gasteiger partial charge in [0.15, 0.2) is 0 Å². The first-order chi connectivity index (χ1) is 12.5. The molecule has 0 saturated heterocycles. The van der Waals surface area contributed by atoms with Crippen LogP contribution in [0.5, 0.6) is 0 Å². The van der Waals surface area contributed by atoms with Crippen LogP contribution in [0.2, 0.25) is 5.02 Å². The fraction of sp³-hybridized carbons (Fsp3) is 0.526. The topological polar surface area (TPSA) is 84.5 Å². The molecule has 0 unspecified atom stereocenters. The number of hydrogen-bond acceptors (Lipinski definition) is 4. The molecule has 1 aromatic rings. The Morgan fingerprint density at radius 1 is 1.12 bits per heavy atom. The number of carbonyl (C=O) groups is 3. The Morgan fingerprint density at radius 3 is 2.31 bits per heavy atom. The van der Waals surface area contributed by atoms with E-state index in [2.05, 4.69) is 15.4 Å². The third-order valence-electron chi connectivity index (χ3n) is 4.66. The van der Waals surface area contributed by atoms with Crippen LogP contribution in [-0.2, 0) is 14.3 Å². The largest absolute Gasteiger partial charge is 0.465 e. The molecule has 2 amide bonds. The summed E-state index contributed by atoms with van der Waals surface area (Å²) < 4.78 is 4.68. The van der Waals surface area contributed by atoms with Crippen molar-refractivity contribution in [3.8, 4) is 0 Å². The van der Waals surface area contributed by atoms with Gasteiger partial charge >= 0.3 is 5.97 Å². The second kappa shape index (κ2) is 9.57. The molecule has 1 saturated carbocycles. The van der Waals surface area contributed by atoms with E-state index < -0.39 is 5.97 Å². The Labute approximate surface area is 158 Å². The highest BCUT2D eigenvalue weighted by Gasteiger charge is 2.30. The van der Waals surface area contributed by atoms with E-state index in [1.54, 1.807) is 12.1 Å². The van der Waals surface area contributed by atoms with E-state index in [0.29, 0.717) is 48.5 Å². The summed E-state index contributed by atoms with van der Waals surface area (Å²) in [7, 11) is 1.30. The lowest BCUT2D eigenvalue weighted by Crippen LogP contribution is -2.35. The molecule has 7 heteroatoms. The first-order valence-corrected chi connectivity index (χ1v) is 9.30. The van der Waals surface area contributed by atoms with E-state index in [-0.39, 0.29) is 23.7 Å². The van der Waals surface area contributed by atoms with Gasteiger partial charge in [0.1, 0.15) is 0 Å². The van der Waals surface area contributed by atoms with Gasteiger partial charge in [0.2, 0.25) is 11.8 Å². The summed E-state index contributed by atoms with van der Waals surface area (Å²) in [5.41, 5.74) is 0.714. The van der Waals surface area contributed by atoms with Gasteiger partial charge in [0, 0.05) is 18.4 Å². The summed E-state index contributed by atoms with van der Waals surface area (Å²) >= 11 is 6.12. The van der Waals surface area contributed by atoms with Gasteiger partial charge in [-0.15, -0.1) is 0 Å². The van der Waals surface area contributed by atoms with Crippen LogP contribution in [0.25, 0.3) is 0 Å². The van der Waals surface area contributed by atoms with Gasteiger partial charge < -0.3 is 15.4 Å². The predicted octanol–water partition coefficient (Wildman–Crippen LogP) is 3.40. The number of nitrogens with one attached hydrogen (secondary N) is 2. The first kappa shape index (κ1) is 20.2. The summed E-state index contributed by atoms with van der Waals surface area (Å²) in [4.78, 5) is 36.2. The molecule has 0 aliphatic heterocycles. The zero-order valence-electron chi connectivity index (χ0n) is 15.1. The minimum atomic E-state index is -0.490. The third kappa shape index (κ3) is 5.21. The highest BCUT2D eigenvalue weighted by atomic mass is 35.5. The number of benzene rings is 1. The van der Waals surface area contributed by atoms with Crippen LogP contribution in [0.15, 0.2) is 18.2 Å². The molecule has 0 bridgehead atoms. The summed E-state index contributed by atoms with van der Waals surface area (Å²) in [5.74, 6) is -0.725. The van der Waals surface area contributed by atoms with Gasteiger partial charge in [-0.05, 0) is 50.3 Å². The number of hydrogen-bond donors (Lipinski definition) is 2. The van der Waals surface area contributed by atoms with Gasteiger partial charge in [-0.3, -0.25) is 9.59 Å². The fourth-order valence-corrected chi connectivity index (χ4v) is 3.28. The van der Waals surface area contributed by atoms with E-state index in [9.17, 15) is 14.4 Å². The van der Waals surface area contributed by atoms with Crippen molar-refractivity contribution in [2.45, 2.75) is 39.0 Å².